The Labute approximate surface area is 790 Å². The number of aliphatic hydroxyl groups is 1. The van der Waals surface area contributed by atoms with Crippen LogP contribution < -0.4 is 49.1 Å². The Kier molecular flexibility index (Phi) is 37.6. The SMILES string of the molecule is CCOc1ccccc1-c1ccc(C#Cc2csc(C)n2)c[nH+]1.Cc1nc(C#Cc2ccc(-c3cccc(-n4cccn4)c3)nc2)cs1.Cc1nc(C#Cc2ccc(N3CCC(F)CC3)nc2)cs1.Cc1nc(C#Cc2cnc(N3CCCC(CO)C3)nc2)cs1.Cc1nc(C#Cc2cncc(Cl)c2)cs1.Cc1nc(C#Cc2cncc(Oc3cccnc3)c2)cs1.[Cl-].[Cl-]. The van der Waals surface area contributed by atoms with Gasteiger partial charge in [0.2, 0.25) is 11.6 Å². The predicted molar refractivity (Wildman–Crippen MR) is 506 cm³/mol. The van der Waals surface area contributed by atoms with Crippen LogP contribution in [0.5, 0.6) is 17.2 Å². The number of para-hydroxylation sites is 1. The average Bonchev–Trinajstić information content (AvgIpc) is 1.68. The van der Waals surface area contributed by atoms with Crippen molar-refractivity contribution in [2.45, 2.75) is 80.3 Å². The molecule has 0 spiro atoms. The summed E-state index contributed by atoms with van der Waals surface area (Å²) in [5.74, 6) is 40.6. The Hall–Kier alpha value is -13.3. The van der Waals surface area contributed by atoms with Gasteiger partial charge in [-0.1, -0.05) is 71.4 Å². The van der Waals surface area contributed by atoms with Crippen LogP contribution in [-0.4, -0.2) is 125 Å². The highest BCUT2D eigenvalue weighted by Gasteiger charge is 2.22. The summed E-state index contributed by atoms with van der Waals surface area (Å²) in [5.41, 5.74) is 14.8. The van der Waals surface area contributed by atoms with Gasteiger partial charge in [0.1, 0.15) is 63.4 Å². The Morgan fingerprint density at radius 3 is 1.50 bits per heavy atom. The summed E-state index contributed by atoms with van der Waals surface area (Å²) in [7, 11) is 0. The number of hydrogen-bond acceptors (Lipinski definition) is 25. The molecule has 2 saturated heterocycles. The minimum atomic E-state index is -0.659. The lowest BCUT2D eigenvalue weighted by Gasteiger charge is -2.31. The number of hydrogen-bond donors (Lipinski definition) is 1. The lowest BCUT2D eigenvalue weighted by Crippen LogP contribution is -3.00. The number of thiazole rings is 6. The number of halogens is 4. The van der Waals surface area contributed by atoms with E-state index >= 15 is 0 Å². The number of aryl methyl sites for hydroxylation is 6. The average molecular weight is 1880 g/mol. The minimum absolute atomic E-state index is 0. The van der Waals surface area contributed by atoms with Crippen molar-refractivity contribution in [1.82, 2.24) is 74.6 Å². The topological polar surface area (TPSA) is 245 Å². The fraction of sp³-hybridized carbons (Fsp3) is 0.194. The molecule has 18 rings (SSSR count). The molecule has 0 saturated carbocycles. The zero-order valence-corrected chi connectivity index (χ0v) is 78.2. The van der Waals surface area contributed by atoms with E-state index in [4.69, 9.17) is 21.1 Å². The minimum Gasteiger partial charge on any atom is -1.00 e. The molecule has 31 heteroatoms. The van der Waals surface area contributed by atoms with Gasteiger partial charge in [0.25, 0.3) is 0 Å². The van der Waals surface area contributed by atoms with E-state index in [1.165, 1.54) is 0 Å². The van der Waals surface area contributed by atoms with Crippen LogP contribution >= 0.6 is 79.6 Å². The first-order valence-corrected chi connectivity index (χ1v) is 45.8. The normalized spacial score (nSPS) is 12.1. The number of anilines is 2. The summed E-state index contributed by atoms with van der Waals surface area (Å²) in [5, 5.41) is 31.9. The number of nitrogens with one attached hydrogen (secondary N) is 1. The molecule has 16 heterocycles. The fourth-order valence-corrected chi connectivity index (χ4v) is 15.5. The molecule has 1 unspecified atom stereocenters. The van der Waals surface area contributed by atoms with E-state index < -0.39 is 6.17 Å². The Bertz CT molecular complexity index is 6670. The van der Waals surface area contributed by atoms with E-state index in [0.717, 1.165) is 176 Å². The second kappa shape index (κ2) is 50.3. The van der Waals surface area contributed by atoms with E-state index in [9.17, 15) is 9.50 Å². The maximum Gasteiger partial charge on any atom is 0.225 e. The summed E-state index contributed by atoms with van der Waals surface area (Å²) in [6.07, 6.45) is 25.3. The number of nitrogens with zero attached hydrogens (tertiary/aromatic N) is 17. The number of benzene rings is 2. The van der Waals surface area contributed by atoms with Crippen LogP contribution in [0.15, 0.2) is 228 Å². The number of pyridine rings is 6. The summed E-state index contributed by atoms with van der Waals surface area (Å²) in [6, 6.07) is 37.2. The number of rotatable bonds is 10. The molecule has 14 aromatic heterocycles. The molecule has 2 aliphatic rings. The van der Waals surface area contributed by atoms with E-state index in [0.29, 0.717) is 47.8 Å². The lowest BCUT2D eigenvalue weighted by molar-refractivity contribution is -0.364. The fourth-order valence-electron chi connectivity index (χ4n) is 12.1. The molecule has 2 aromatic carbocycles. The molecule has 648 valence electrons. The van der Waals surface area contributed by atoms with Crippen LogP contribution in [0, 0.1) is 119 Å². The molecule has 1 atom stereocenters. The molecule has 0 amide bonds. The Balaban J connectivity index is 0.000000150. The molecular formula is C98H83Cl3FN18O3S6-. The molecule has 2 aliphatic heterocycles. The third-order valence-corrected chi connectivity index (χ3v) is 23.0. The number of piperidine rings is 2. The zero-order valence-electron chi connectivity index (χ0n) is 71.0. The van der Waals surface area contributed by atoms with Crippen molar-refractivity contribution in [2.75, 3.05) is 49.2 Å². The van der Waals surface area contributed by atoms with Crippen LogP contribution in [0.3, 0.4) is 0 Å². The quantitative estimate of drug-likeness (QED) is 0.125. The van der Waals surface area contributed by atoms with E-state index in [1.807, 2.05) is 201 Å². The molecule has 0 aliphatic carbocycles. The molecule has 2 N–H and O–H groups in total. The zero-order chi connectivity index (χ0) is 88.3. The van der Waals surface area contributed by atoms with Gasteiger partial charge < -0.3 is 49.2 Å². The smallest absolute Gasteiger partial charge is 0.225 e. The number of alkyl halides is 1. The third-order valence-electron chi connectivity index (χ3n) is 18.2. The Morgan fingerprint density at radius 1 is 0.473 bits per heavy atom. The van der Waals surface area contributed by atoms with Crippen LogP contribution in [0.2, 0.25) is 5.02 Å². The Morgan fingerprint density at radius 2 is 1.00 bits per heavy atom. The number of H-pyrrole nitrogens is 1. The molecule has 21 nitrogen and oxygen atoms in total. The highest BCUT2D eigenvalue weighted by atomic mass is 35.5. The van der Waals surface area contributed by atoms with Gasteiger partial charge in [0, 0.05) is 161 Å². The van der Waals surface area contributed by atoms with Crippen molar-refractivity contribution in [2.24, 2.45) is 5.92 Å². The van der Waals surface area contributed by atoms with Crippen LogP contribution in [0.4, 0.5) is 16.2 Å². The van der Waals surface area contributed by atoms with Gasteiger partial charge in [-0.15, -0.1) is 68.0 Å². The van der Waals surface area contributed by atoms with Gasteiger partial charge in [-0.3, -0.25) is 19.9 Å². The molecule has 0 bridgehead atoms. The third kappa shape index (κ3) is 31.3. The molecule has 16 aromatic rings. The van der Waals surface area contributed by atoms with E-state index in [-0.39, 0.29) is 31.4 Å². The maximum absolute atomic E-state index is 13.1. The molecule has 0 radical (unpaired) electrons. The van der Waals surface area contributed by atoms with Gasteiger partial charge in [0.15, 0.2) is 6.20 Å². The van der Waals surface area contributed by atoms with Gasteiger partial charge in [0.05, 0.1) is 82.1 Å². The van der Waals surface area contributed by atoms with Crippen LogP contribution in [-0.2, 0) is 0 Å². The second-order valence-corrected chi connectivity index (χ2v) is 34.7. The first-order chi connectivity index (χ1) is 62.0. The number of aliphatic hydroxyl groups excluding tert-OH is 1. The highest BCUT2D eigenvalue weighted by molar-refractivity contribution is 7.11. The standard InChI is InChI=1S/C20H14N4S.C19H16N2OS.C16H16FN3S.C16H18N4OS.C16H11N3OS.C11H7ClN2S.2ClH/c1-15-23-18(14-25-15)8-6-16-7-9-20(21-13-16)17-4-2-5-19(12-17)24-11-3-10-22-24;1-3-22-19-7-5-4-6-17(19)18-11-9-15(12-20-18)8-10-16-13-23-14(2)21-16;1-12-19-15(11-21-12)4-2-13-3-5-16(18-10-13)20-8-6-14(17)7-9-20;1-12-19-15(11-22-12)5-4-13-7-17-16(18-8-13)20-6-2-3-14(9-20)10-21;1-12-19-14(11-21-12)5-4-13-7-16(10-18-8-13)20-15-3-2-6-17-9-15;1-8-14-11(7-15-8)3-2-9-4-10(12)6-13-5-9;;/h2-5,7,9-14H,1H3;4-7,9,11-13H,3H2,1-2H3;3,5,10-11,14H,6-9H2,1H3;7-8,11,14,21H,2-3,6,9-10H2,1H3;2-3,6-11H,1H3;4-7H,1H3;2*1H/p-1. The monoisotopic (exact) mass is 1880 g/mol. The summed E-state index contributed by atoms with van der Waals surface area (Å²) < 4.78 is 26.3. The van der Waals surface area contributed by atoms with Crippen molar-refractivity contribution in [3.63, 3.8) is 0 Å². The van der Waals surface area contributed by atoms with E-state index in [1.54, 1.807) is 142 Å². The predicted octanol–water partition coefficient (Wildman–Crippen LogP) is 13.2. The van der Waals surface area contributed by atoms with Crippen molar-refractivity contribution in [1.29, 1.82) is 0 Å². The lowest BCUT2D eigenvalue weighted by atomic mass is 9.99. The van der Waals surface area contributed by atoms with Crippen molar-refractivity contribution in [3.8, 4) is 116 Å². The first kappa shape index (κ1) is 96.4. The summed E-state index contributed by atoms with van der Waals surface area (Å²) in [6.45, 7) is 17.9. The second-order valence-electron chi connectivity index (χ2n) is 27.9. The van der Waals surface area contributed by atoms with E-state index in [2.05, 4.69) is 162 Å². The van der Waals surface area contributed by atoms with Crippen LogP contribution in [0.1, 0.15) is 130 Å². The van der Waals surface area contributed by atoms with Gasteiger partial charge in [-0.05, 0) is 201 Å². The number of aromatic amines is 1. The summed E-state index contributed by atoms with van der Waals surface area (Å²) >= 11 is 15.4. The maximum atomic E-state index is 13.1. The van der Waals surface area contributed by atoms with Crippen molar-refractivity contribution in [3.05, 3.63) is 331 Å². The molecular weight excluding hydrogens is 1790 g/mol. The number of ether oxygens (including phenoxy) is 2. The number of aromatic nitrogens is 16. The van der Waals surface area contributed by atoms with Gasteiger partial charge in [-0.25, -0.2) is 58.9 Å². The van der Waals surface area contributed by atoms with Crippen LogP contribution in [0.25, 0.3) is 28.2 Å². The molecule has 129 heavy (non-hydrogen) atoms. The van der Waals surface area contributed by atoms with Crippen molar-refractivity contribution >= 4 is 91.4 Å². The highest BCUT2D eigenvalue weighted by Crippen LogP contribution is 2.29. The largest absolute Gasteiger partial charge is 1.00 e. The summed E-state index contributed by atoms with van der Waals surface area (Å²) in [4.78, 5) is 63.2. The first-order valence-electron chi connectivity index (χ1n) is 40.1. The molecule has 2 fully saturated rings. The van der Waals surface area contributed by atoms with Gasteiger partial charge in [-0.2, -0.15) is 5.10 Å². The van der Waals surface area contributed by atoms with Crippen molar-refractivity contribution < 1.29 is 48.8 Å². The van der Waals surface area contributed by atoms with Gasteiger partial charge >= 0.3 is 0 Å².